The number of unbranched alkanes of at least 4 members (excludes halogenated alkanes) is 29. The first-order valence-corrected chi connectivity index (χ1v) is 33.6. The van der Waals surface area contributed by atoms with E-state index in [2.05, 4.69) is 106 Å². The Hall–Kier alpha value is -4.10. The van der Waals surface area contributed by atoms with E-state index in [9.17, 15) is 34.5 Å². The lowest BCUT2D eigenvalue weighted by molar-refractivity contribution is -0.301. The molecular weight excluding hydrogens is 1040 g/mol. The molecule has 1 heterocycles. The van der Waals surface area contributed by atoms with E-state index in [0.717, 1.165) is 103 Å². The maximum absolute atomic E-state index is 13.2. The van der Waals surface area contributed by atoms with Crippen LogP contribution >= 0.6 is 0 Å². The van der Waals surface area contributed by atoms with Crippen LogP contribution in [0.15, 0.2) is 85.1 Å². The first kappa shape index (κ1) is 76.9. The zero-order chi connectivity index (χ0) is 60.3. The van der Waals surface area contributed by atoms with Crippen molar-refractivity contribution >= 4 is 23.9 Å². The number of esters is 3. The van der Waals surface area contributed by atoms with Gasteiger partial charge in [0.2, 0.25) is 0 Å². The third-order valence-electron chi connectivity index (χ3n) is 15.0. The molecule has 6 atom stereocenters. The Balaban J connectivity index is 2.66. The second-order valence-corrected chi connectivity index (χ2v) is 22.7. The highest BCUT2D eigenvalue weighted by Crippen LogP contribution is 2.27. The molecule has 1 aliphatic rings. The Kier molecular flexibility index (Phi) is 54.0. The number of allylic oxidation sites excluding steroid dienone is 14. The molecule has 1 saturated heterocycles. The average molecular weight is 1170 g/mol. The molecule has 0 bridgehead atoms. The van der Waals surface area contributed by atoms with Crippen molar-refractivity contribution in [2.45, 2.75) is 327 Å². The highest BCUT2D eigenvalue weighted by Gasteiger charge is 2.50. The number of aliphatic hydroxyl groups is 2. The van der Waals surface area contributed by atoms with Crippen molar-refractivity contribution in [3.8, 4) is 0 Å². The SMILES string of the molecule is CC/C=C\C/C=C\C/C=C\C/C=C\C/C=C\CCCCCC(=O)OC1C(OCC(COC(=O)CCCCCCCCCCC/C=C\C/C=C\CCCCC)OC(=O)CCCCCCCCCCCCCCCCC)OC(C(=O)O)C(O)C1O. The first-order chi connectivity index (χ1) is 40.6. The second kappa shape index (κ2) is 58.3. The quantitative estimate of drug-likeness (QED) is 0.0228. The third kappa shape index (κ3) is 47.8. The van der Waals surface area contributed by atoms with Gasteiger partial charge in [0.15, 0.2) is 24.6 Å². The van der Waals surface area contributed by atoms with Gasteiger partial charge in [-0.25, -0.2) is 4.79 Å². The van der Waals surface area contributed by atoms with Crippen LogP contribution in [0.25, 0.3) is 0 Å². The topological polar surface area (TPSA) is 175 Å². The molecule has 1 fully saturated rings. The normalized spacial score (nSPS) is 18.1. The van der Waals surface area contributed by atoms with Gasteiger partial charge in [0.05, 0.1) is 6.61 Å². The van der Waals surface area contributed by atoms with Crippen LogP contribution in [0.3, 0.4) is 0 Å². The minimum Gasteiger partial charge on any atom is -0.479 e. The monoisotopic (exact) mass is 1160 g/mol. The van der Waals surface area contributed by atoms with Crippen molar-refractivity contribution in [1.82, 2.24) is 0 Å². The maximum atomic E-state index is 13.2. The van der Waals surface area contributed by atoms with E-state index >= 15 is 0 Å². The number of carboxylic acid groups (broad SMARTS) is 1. The first-order valence-electron chi connectivity index (χ1n) is 33.6. The summed E-state index contributed by atoms with van der Waals surface area (Å²) in [4.78, 5) is 51.4. The number of carboxylic acids is 1. The predicted octanol–water partition coefficient (Wildman–Crippen LogP) is 18.2. The lowest BCUT2D eigenvalue weighted by atomic mass is 9.98. The van der Waals surface area contributed by atoms with Crippen molar-refractivity contribution in [3.05, 3.63) is 85.1 Å². The summed E-state index contributed by atoms with van der Waals surface area (Å²) < 4.78 is 28.5. The summed E-state index contributed by atoms with van der Waals surface area (Å²) in [7, 11) is 0. The van der Waals surface area contributed by atoms with Gasteiger partial charge in [0.25, 0.3) is 0 Å². The summed E-state index contributed by atoms with van der Waals surface area (Å²) in [5.41, 5.74) is 0. The average Bonchev–Trinajstić information content (AvgIpc) is 3.60. The molecular formula is C71H120O12. The molecule has 0 radical (unpaired) electrons. The molecule has 0 aliphatic carbocycles. The molecule has 0 saturated carbocycles. The van der Waals surface area contributed by atoms with E-state index in [4.69, 9.17) is 23.7 Å². The number of hydrogen-bond acceptors (Lipinski definition) is 11. The lowest BCUT2D eigenvalue weighted by Crippen LogP contribution is -2.61. The molecule has 12 nitrogen and oxygen atoms in total. The van der Waals surface area contributed by atoms with E-state index in [0.29, 0.717) is 19.3 Å². The Bertz CT molecular complexity index is 1760. The van der Waals surface area contributed by atoms with Gasteiger partial charge in [-0.15, -0.1) is 0 Å². The zero-order valence-corrected chi connectivity index (χ0v) is 52.7. The van der Waals surface area contributed by atoms with Gasteiger partial charge in [-0.2, -0.15) is 0 Å². The molecule has 0 aromatic rings. The Morgan fingerprint density at radius 3 is 1.19 bits per heavy atom. The number of rotatable bonds is 57. The van der Waals surface area contributed by atoms with Gasteiger partial charge in [0.1, 0.15) is 18.8 Å². The molecule has 0 aromatic carbocycles. The molecule has 0 amide bonds. The molecule has 83 heavy (non-hydrogen) atoms. The van der Waals surface area contributed by atoms with Gasteiger partial charge in [-0.05, 0) is 96.3 Å². The molecule has 3 N–H and O–H groups in total. The third-order valence-corrected chi connectivity index (χ3v) is 15.0. The summed E-state index contributed by atoms with van der Waals surface area (Å²) in [6.07, 6.45) is 63.9. The highest BCUT2D eigenvalue weighted by molar-refractivity contribution is 5.74. The minimum atomic E-state index is -1.92. The van der Waals surface area contributed by atoms with Crippen LogP contribution in [0.5, 0.6) is 0 Å². The van der Waals surface area contributed by atoms with E-state index < -0.39 is 67.3 Å². The van der Waals surface area contributed by atoms with E-state index in [1.807, 2.05) is 0 Å². The Labute approximate surface area is 505 Å². The second-order valence-electron chi connectivity index (χ2n) is 22.7. The predicted molar refractivity (Wildman–Crippen MR) is 340 cm³/mol. The van der Waals surface area contributed by atoms with Gasteiger partial charge >= 0.3 is 23.9 Å². The number of carbonyl (C=O) groups is 4. The maximum Gasteiger partial charge on any atom is 0.335 e. The van der Waals surface area contributed by atoms with Gasteiger partial charge in [0, 0.05) is 19.3 Å². The highest BCUT2D eigenvalue weighted by atomic mass is 16.7. The number of aliphatic hydroxyl groups excluding tert-OH is 2. The summed E-state index contributed by atoms with van der Waals surface area (Å²) in [5.74, 6) is -3.15. The molecule has 0 aromatic heterocycles. The fourth-order valence-corrected chi connectivity index (χ4v) is 9.84. The van der Waals surface area contributed by atoms with Crippen molar-refractivity contribution in [2.75, 3.05) is 13.2 Å². The smallest absolute Gasteiger partial charge is 0.335 e. The van der Waals surface area contributed by atoms with Crippen molar-refractivity contribution in [2.24, 2.45) is 0 Å². The molecule has 6 unspecified atom stereocenters. The van der Waals surface area contributed by atoms with E-state index in [1.54, 1.807) is 0 Å². The molecule has 0 spiro atoms. The molecule has 12 heteroatoms. The van der Waals surface area contributed by atoms with Crippen LogP contribution in [0.4, 0.5) is 0 Å². The van der Waals surface area contributed by atoms with Gasteiger partial charge in [-0.1, -0.05) is 260 Å². The van der Waals surface area contributed by atoms with Crippen LogP contribution in [0.2, 0.25) is 0 Å². The van der Waals surface area contributed by atoms with Crippen LogP contribution in [-0.4, -0.2) is 89.2 Å². The summed E-state index contributed by atoms with van der Waals surface area (Å²) >= 11 is 0. The van der Waals surface area contributed by atoms with Crippen molar-refractivity contribution in [3.63, 3.8) is 0 Å². The summed E-state index contributed by atoms with van der Waals surface area (Å²) in [6, 6.07) is 0. The zero-order valence-electron chi connectivity index (χ0n) is 52.7. The molecule has 1 rings (SSSR count). The van der Waals surface area contributed by atoms with Crippen LogP contribution in [-0.2, 0) is 42.9 Å². The van der Waals surface area contributed by atoms with E-state index in [1.165, 1.54) is 128 Å². The minimum absolute atomic E-state index is 0.0196. The van der Waals surface area contributed by atoms with Crippen LogP contribution in [0.1, 0.15) is 290 Å². The summed E-state index contributed by atoms with van der Waals surface area (Å²) in [5, 5.41) is 31.6. The standard InChI is InChI=1S/C71H120O12/c1-4-7-10-13-16-19-22-25-28-30-32-34-37-39-42-45-48-51-54-57-63(72)79-60-62(81-64(73)58-55-52-49-46-43-40-36-27-24-21-18-15-12-9-6-3)61-80-71-69(67(76)66(75)68(83-71)70(77)78)82-65(74)59-56-53-50-47-44-41-38-35-33-31-29-26-23-20-17-14-11-8-5-2/h8,11,16-17,19-20,25-26,28-29,33,35,41,44,62,66-69,71,75-76H,4-7,9-10,12-15,18,21-24,27,30-32,34,36-40,42-43,45-61H2,1-3H3,(H,77,78)/b11-8-,19-16-,20-17-,28-25-,29-26-,35-33-,44-41-. The number of hydrogen-bond donors (Lipinski definition) is 3. The van der Waals surface area contributed by atoms with Crippen molar-refractivity contribution < 1.29 is 58.2 Å². The van der Waals surface area contributed by atoms with Crippen LogP contribution < -0.4 is 0 Å². The lowest BCUT2D eigenvalue weighted by Gasteiger charge is -2.40. The van der Waals surface area contributed by atoms with Crippen molar-refractivity contribution in [1.29, 1.82) is 0 Å². The number of ether oxygens (including phenoxy) is 5. The molecule has 1 aliphatic heterocycles. The fraction of sp³-hybridized carbons (Fsp3) is 0.746. The van der Waals surface area contributed by atoms with E-state index in [-0.39, 0.29) is 25.9 Å². The van der Waals surface area contributed by atoms with Crippen LogP contribution in [0, 0.1) is 0 Å². The largest absolute Gasteiger partial charge is 0.479 e. The summed E-state index contributed by atoms with van der Waals surface area (Å²) in [6.45, 7) is 5.88. The molecule has 476 valence electrons. The number of aliphatic carboxylic acids is 1. The number of carbonyl (C=O) groups excluding carboxylic acids is 3. The Morgan fingerprint density at radius 1 is 0.410 bits per heavy atom. The Morgan fingerprint density at radius 2 is 0.759 bits per heavy atom. The van der Waals surface area contributed by atoms with Gasteiger partial charge in [-0.3, -0.25) is 14.4 Å². The fourth-order valence-electron chi connectivity index (χ4n) is 9.84. The van der Waals surface area contributed by atoms with Gasteiger partial charge < -0.3 is 39.0 Å².